The zero-order valence-electron chi connectivity index (χ0n) is 8.42. The molecule has 0 bridgehead atoms. The second-order valence-corrected chi connectivity index (χ2v) is 3.77. The van der Waals surface area contributed by atoms with Crippen molar-refractivity contribution in [2.75, 3.05) is 6.54 Å². The summed E-state index contributed by atoms with van der Waals surface area (Å²) in [4.78, 5) is 13.1. The molecule has 2 N–H and O–H groups in total. The van der Waals surface area contributed by atoms with Crippen molar-refractivity contribution >= 4 is 5.91 Å². The highest BCUT2D eigenvalue weighted by molar-refractivity contribution is 5.98. The highest BCUT2D eigenvalue weighted by Gasteiger charge is 2.35. The van der Waals surface area contributed by atoms with E-state index >= 15 is 0 Å². The van der Waals surface area contributed by atoms with E-state index in [9.17, 15) is 15.0 Å². The molecule has 1 aromatic rings. The van der Waals surface area contributed by atoms with E-state index in [2.05, 4.69) is 0 Å². The first kappa shape index (κ1) is 10.1. The largest absolute Gasteiger partial charge is 0.392 e. The fourth-order valence-electron chi connectivity index (χ4n) is 1.82. The van der Waals surface area contributed by atoms with Gasteiger partial charge in [-0.1, -0.05) is 18.2 Å². The van der Waals surface area contributed by atoms with E-state index in [1.54, 1.807) is 31.2 Å². The van der Waals surface area contributed by atoms with E-state index in [1.165, 1.54) is 4.90 Å². The fraction of sp³-hybridized carbons (Fsp3) is 0.364. The average molecular weight is 207 g/mol. The van der Waals surface area contributed by atoms with Gasteiger partial charge in [-0.2, -0.15) is 0 Å². The van der Waals surface area contributed by atoms with Gasteiger partial charge >= 0.3 is 0 Å². The molecule has 1 heterocycles. The summed E-state index contributed by atoms with van der Waals surface area (Å²) in [5, 5.41) is 19.1. The number of carbonyl (C=O) groups excluding carboxylic acids is 1. The lowest BCUT2D eigenvalue weighted by molar-refractivity contribution is -0.000605. The normalized spacial score (nSPS) is 21.7. The minimum Gasteiger partial charge on any atom is -0.392 e. The maximum absolute atomic E-state index is 11.8. The highest BCUT2D eigenvalue weighted by Crippen LogP contribution is 2.31. The van der Waals surface area contributed by atoms with Crippen LogP contribution in [0.15, 0.2) is 24.3 Å². The van der Waals surface area contributed by atoms with Crippen molar-refractivity contribution in [3.05, 3.63) is 35.4 Å². The van der Waals surface area contributed by atoms with Crippen LogP contribution in [0.5, 0.6) is 0 Å². The molecule has 0 saturated heterocycles. The van der Waals surface area contributed by atoms with Crippen LogP contribution >= 0.6 is 0 Å². The number of rotatable bonds is 2. The third kappa shape index (κ3) is 1.62. The molecule has 4 nitrogen and oxygen atoms in total. The molecule has 2 unspecified atom stereocenters. The molecular formula is C11H13NO3. The quantitative estimate of drug-likeness (QED) is 0.743. The predicted octanol–water partition coefficient (Wildman–Crippen LogP) is 0.514. The molecule has 4 heteroatoms. The number of aliphatic hydroxyl groups excluding tert-OH is 2. The number of nitrogens with zero attached hydrogens (tertiary/aromatic N) is 1. The third-order valence-electron chi connectivity index (χ3n) is 2.49. The van der Waals surface area contributed by atoms with Crippen LogP contribution in [0.3, 0.4) is 0 Å². The van der Waals surface area contributed by atoms with Gasteiger partial charge in [-0.3, -0.25) is 4.79 Å². The number of carbonyl (C=O) groups is 1. The number of fused-ring (bicyclic) bond motifs is 1. The van der Waals surface area contributed by atoms with Gasteiger partial charge in [-0.05, 0) is 13.0 Å². The van der Waals surface area contributed by atoms with Gasteiger partial charge in [0.1, 0.15) is 0 Å². The summed E-state index contributed by atoms with van der Waals surface area (Å²) >= 11 is 0. The van der Waals surface area contributed by atoms with E-state index in [1.807, 2.05) is 0 Å². The smallest absolute Gasteiger partial charge is 0.256 e. The van der Waals surface area contributed by atoms with Crippen LogP contribution < -0.4 is 0 Å². The molecule has 0 aromatic heterocycles. The van der Waals surface area contributed by atoms with Gasteiger partial charge in [-0.25, -0.2) is 0 Å². The van der Waals surface area contributed by atoms with Crippen molar-refractivity contribution in [3.8, 4) is 0 Å². The molecule has 80 valence electrons. The third-order valence-corrected chi connectivity index (χ3v) is 2.49. The van der Waals surface area contributed by atoms with Gasteiger partial charge in [-0.15, -0.1) is 0 Å². The Morgan fingerprint density at radius 1 is 1.47 bits per heavy atom. The van der Waals surface area contributed by atoms with Gasteiger partial charge in [0.25, 0.3) is 5.91 Å². The minimum absolute atomic E-state index is 0.147. The summed E-state index contributed by atoms with van der Waals surface area (Å²) in [6, 6.07) is 6.94. The van der Waals surface area contributed by atoms with E-state index in [0.29, 0.717) is 11.1 Å². The topological polar surface area (TPSA) is 60.8 Å². The maximum atomic E-state index is 11.8. The number of β-amino-alcohol motifs (C(OH)–C–C–N with tert-alkyl or cyclic N) is 1. The molecule has 2 atom stereocenters. The van der Waals surface area contributed by atoms with Gasteiger partial charge < -0.3 is 15.1 Å². The van der Waals surface area contributed by atoms with Crippen LogP contribution in [-0.2, 0) is 0 Å². The van der Waals surface area contributed by atoms with E-state index in [0.717, 1.165) is 0 Å². The Hall–Kier alpha value is -1.39. The monoisotopic (exact) mass is 207 g/mol. The van der Waals surface area contributed by atoms with Crippen molar-refractivity contribution in [1.29, 1.82) is 0 Å². The zero-order valence-corrected chi connectivity index (χ0v) is 8.42. The lowest BCUT2D eigenvalue weighted by atomic mass is 10.1. The molecule has 0 radical (unpaired) electrons. The molecule has 1 aliphatic heterocycles. The van der Waals surface area contributed by atoms with Crippen LogP contribution in [0.4, 0.5) is 0 Å². The standard InChI is InChI=1S/C11H13NO3/c1-7(13)6-12-10(14)8-4-2-3-5-9(8)11(12)15/h2-5,7,10,13-14H,6H2,1H3. The lowest BCUT2D eigenvalue weighted by Crippen LogP contribution is -2.34. The molecule has 1 aromatic carbocycles. The van der Waals surface area contributed by atoms with Crippen LogP contribution in [0, 0.1) is 0 Å². The first-order chi connectivity index (χ1) is 7.11. The summed E-state index contributed by atoms with van der Waals surface area (Å²) in [6.07, 6.45) is -1.57. The molecule has 0 saturated carbocycles. The van der Waals surface area contributed by atoms with Crippen LogP contribution in [0.2, 0.25) is 0 Å². The molecule has 0 aliphatic carbocycles. The molecule has 2 rings (SSSR count). The molecule has 0 spiro atoms. The van der Waals surface area contributed by atoms with Crippen LogP contribution in [0.1, 0.15) is 29.1 Å². The van der Waals surface area contributed by atoms with Crippen molar-refractivity contribution in [3.63, 3.8) is 0 Å². The Balaban J connectivity index is 2.32. The number of amides is 1. The number of benzene rings is 1. The molecular weight excluding hydrogens is 194 g/mol. The van der Waals surface area contributed by atoms with E-state index in [4.69, 9.17) is 0 Å². The van der Waals surface area contributed by atoms with E-state index < -0.39 is 12.3 Å². The SMILES string of the molecule is CC(O)CN1C(=O)c2ccccc2C1O. The van der Waals surface area contributed by atoms with Crippen molar-refractivity contribution in [1.82, 2.24) is 4.90 Å². The molecule has 0 fully saturated rings. The second kappa shape index (κ2) is 3.64. The van der Waals surface area contributed by atoms with Crippen LogP contribution in [-0.4, -0.2) is 33.7 Å². The Labute approximate surface area is 87.8 Å². The first-order valence-corrected chi connectivity index (χ1v) is 4.87. The molecule has 1 aliphatic rings. The summed E-state index contributed by atoms with van der Waals surface area (Å²) in [7, 11) is 0. The second-order valence-electron chi connectivity index (χ2n) is 3.77. The fourth-order valence-corrected chi connectivity index (χ4v) is 1.82. The summed E-state index contributed by atoms with van der Waals surface area (Å²) in [5.41, 5.74) is 1.13. The predicted molar refractivity (Wildman–Crippen MR) is 54.1 cm³/mol. The Bertz CT molecular complexity index is 389. The lowest BCUT2D eigenvalue weighted by Gasteiger charge is -2.22. The van der Waals surface area contributed by atoms with Crippen molar-refractivity contribution < 1.29 is 15.0 Å². The number of hydrogen-bond acceptors (Lipinski definition) is 3. The Kier molecular flexibility index (Phi) is 2.46. The van der Waals surface area contributed by atoms with E-state index in [-0.39, 0.29) is 12.5 Å². The molecule has 15 heavy (non-hydrogen) atoms. The minimum atomic E-state index is -0.928. The number of hydrogen-bond donors (Lipinski definition) is 2. The summed E-state index contributed by atoms with van der Waals surface area (Å²) < 4.78 is 0. The van der Waals surface area contributed by atoms with Crippen molar-refractivity contribution in [2.24, 2.45) is 0 Å². The summed E-state index contributed by atoms with van der Waals surface area (Å²) in [5.74, 6) is -0.223. The summed E-state index contributed by atoms with van der Waals surface area (Å²) in [6.45, 7) is 1.73. The highest BCUT2D eigenvalue weighted by atomic mass is 16.3. The van der Waals surface area contributed by atoms with Gasteiger partial charge in [0.2, 0.25) is 0 Å². The Morgan fingerprint density at radius 2 is 2.13 bits per heavy atom. The van der Waals surface area contributed by atoms with Gasteiger partial charge in [0.15, 0.2) is 6.23 Å². The zero-order chi connectivity index (χ0) is 11.0. The van der Waals surface area contributed by atoms with Gasteiger partial charge in [0.05, 0.1) is 6.10 Å². The molecule has 1 amide bonds. The number of aliphatic hydroxyl groups is 2. The average Bonchev–Trinajstić information content (AvgIpc) is 2.44. The van der Waals surface area contributed by atoms with Gasteiger partial charge in [0, 0.05) is 17.7 Å². The van der Waals surface area contributed by atoms with Crippen LogP contribution in [0.25, 0.3) is 0 Å². The first-order valence-electron chi connectivity index (χ1n) is 4.87. The maximum Gasteiger partial charge on any atom is 0.256 e. The Morgan fingerprint density at radius 3 is 2.73 bits per heavy atom. The van der Waals surface area contributed by atoms with Crippen molar-refractivity contribution in [2.45, 2.75) is 19.3 Å².